The van der Waals surface area contributed by atoms with Gasteiger partial charge in [-0.05, 0) is 37.9 Å². The minimum absolute atomic E-state index is 0.0437. The summed E-state index contributed by atoms with van der Waals surface area (Å²) in [5.74, 6) is 0. The third-order valence-electron chi connectivity index (χ3n) is 3.32. The van der Waals surface area contributed by atoms with Gasteiger partial charge in [0, 0.05) is 12.7 Å². The molecule has 0 spiro atoms. The normalized spacial score (nSPS) is 12.6. The molecule has 0 bridgehead atoms. The quantitative estimate of drug-likeness (QED) is 0.878. The maximum Gasteiger partial charge on any atom is 0.0941 e. The van der Waals surface area contributed by atoms with E-state index in [9.17, 15) is 0 Å². The zero-order valence-corrected chi connectivity index (χ0v) is 12.7. The Morgan fingerprint density at radius 3 is 2.70 bits per heavy atom. The summed E-state index contributed by atoms with van der Waals surface area (Å²) < 4.78 is 1.97. The first-order valence-corrected chi connectivity index (χ1v) is 7.22. The zero-order chi connectivity index (χ0) is 14.5. The second kappa shape index (κ2) is 6.61. The Morgan fingerprint density at radius 1 is 1.25 bits per heavy atom. The van der Waals surface area contributed by atoms with E-state index < -0.39 is 0 Å². The Labute approximate surface area is 120 Å². The highest BCUT2D eigenvalue weighted by Crippen LogP contribution is 2.23. The van der Waals surface area contributed by atoms with Gasteiger partial charge in [-0.15, -0.1) is 5.10 Å². The minimum atomic E-state index is 0.0437. The van der Waals surface area contributed by atoms with Gasteiger partial charge in [0.25, 0.3) is 0 Å². The first-order chi connectivity index (χ1) is 9.67. The number of hydrogen-bond acceptors (Lipinski definition) is 4. The van der Waals surface area contributed by atoms with Gasteiger partial charge in [0.1, 0.15) is 0 Å². The molecule has 2 aromatic heterocycles. The molecule has 108 valence electrons. The Bertz CT molecular complexity index is 561. The highest BCUT2D eigenvalue weighted by atomic mass is 15.4. The van der Waals surface area contributed by atoms with Crippen LogP contribution in [0.1, 0.15) is 48.8 Å². The van der Waals surface area contributed by atoms with Crippen molar-refractivity contribution >= 4 is 0 Å². The lowest BCUT2D eigenvalue weighted by Crippen LogP contribution is -2.26. The van der Waals surface area contributed by atoms with Crippen LogP contribution in [0.2, 0.25) is 0 Å². The third kappa shape index (κ3) is 3.04. The number of aryl methyl sites for hydroxylation is 3. The van der Waals surface area contributed by atoms with Crippen LogP contribution in [0.4, 0.5) is 0 Å². The summed E-state index contributed by atoms with van der Waals surface area (Å²) in [6, 6.07) is 2.21. The molecule has 1 unspecified atom stereocenters. The standard InChI is InChI=1S/C15H23N5/c1-5-7-20-13(10-18-19-20)15(16-6-2)14-12(4)8-11(3)9-17-14/h8-10,15-16H,5-7H2,1-4H3. The summed E-state index contributed by atoms with van der Waals surface area (Å²) in [5.41, 5.74) is 4.51. The van der Waals surface area contributed by atoms with Gasteiger partial charge in [0.15, 0.2) is 0 Å². The fourth-order valence-electron chi connectivity index (χ4n) is 2.45. The molecular formula is C15H23N5. The van der Waals surface area contributed by atoms with Crippen molar-refractivity contribution in [2.24, 2.45) is 0 Å². The van der Waals surface area contributed by atoms with Gasteiger partial charge in [0.2, 0.25) is 0 Å². The Morgan fingerprint density at radius 2 is 2.05 bits per heavy atom. The van der Waals surface area contributed by atoms with Crippen LogP contribution >= 0.6 is 0 Å². The topological polar surface area (TPSA) is 55.6 Å². The number of rotatable bonds is 6. The fraction of sp³-hybridized carbons (Fsp3) is 0.533. The maximum atomic E-state index is 4.62. The van der Waals surface area contributed by atoms with Crippen LogP contribution in [-0.4, -0.2) is 26.5 Å². The van der Waals surface area contributed by atoms with E-state index in [-0.39, 0.29) is 6.04 Å². The van der Waals surface area contributed by atoms with Gasteiger partial charge in [-0.1, -0.05) is 25.1 Å². The highest BCUT2D eigenvalue weighted by molar-refractivity contribution is 5.30. The average Bonchev–Trinajstić information content (AvgIpc) is 2.85. The molecular weight excluding hydrogens is 250 g/mol. The first-order valence-electron chi connectivity index (χ1n) is 7.22. The lowest BCUT2D eigenvalue weighted by molar-refractivity contribution is 0.505. The summed E-state index contributed by atoms with van der Waals surface area (Å²) in [5, 5.41) is 11.7. The molecule has 2 aromatic rings. The van der Waals surface area contributed by atoms with Gasteiger partial charge < -0.3 is 5.32 Å². The average molecular weight is 273 g/mol. The molecule has 0 aliphatic carbocycles. The number of hydrogen-bond donors (Lipinski definition) is 1. The summed E-state index contributed by atoms with van der Waals surface area (Å²) in [7, 11) is 0. The number of nitrogens with one attached hydrogen (secondary N) is 1. The maximum absolute atomic E-state index is 4.62. The largest absolute Gasteiger partial charge is 0.304 e. The van der Waals surface area contributed by atoms with Crippen LogP contribution in [-0.2, 0) is 6.54 Å². The second-order valence-electron chi connectivity index (χ2n) is 5.09. The number of nitrogens with zero attached hydrogens (tertiary/aromatic N) is 4. The van der Waals surface area contributed by atoms with Crippen LogP contribution in [0.5, 0.6) is 0 Å². The van der Waals surface area contributed by atoms with Gasteiger partial charge in [-0.25, -0.2) is 4.68 Å². The molecule has 5 heteroatoms. The molecule has 2 rings (SSSR count). The predicted molar refractivity (Wildman–Crippen MR) is 79.5 cm³/mol. The molecule has 20 heavy (non-hydrogen) atoms. The zero-order valence-electron chi connectivity index (χ0n) is 12.7. The molecule has 1 N–H and O–H groups in total. The van der Waals surface area contributed by atoms with Crippen molar-refractivity contribution in [3.63, 3.8) is 0 Å². The molecule has 0 aliphatic rings. The lowest BCUT2D eigenvalue weighted by Gasteiger charge is -2.20. The smallest absolute Gasteiger partial charge is 0.0941 e. The first kappa shape index (κ1) is 14.7. The van der Waals surface area contributed by atoms with E-state index >= 15 is 0 Å². The number of pyridine rings is 1. The van der Waals surface area contributed by atoms with Crippen LogP contribution in [0.15, 0.2) is 18.5 Å². The van der Waals surface area contributed by atoms with E-state index in [0.717, 1.165) is 30.9 Å². The monoisotopic (exact) mass is 273 g/mol. The van der Waals surface area contributed by atoms with Gasteiger partial charge in [-0.2, -0.15) is 0 Å². The molecule has 0 amide bonds. The highest BCUT2D eigenvalue weighted by Gasteiger charge is 2.21. The van der Waals surface area contributed by atoms with Crippen molar-refractivity contribution in [2.45, 2.75) is 46.7 Å². The molecule has 0 saturated carbocycles. The molecule has 2 heterocycles. The van der Waals surface area contributed by atoms with Crippen molar-refractivity contribution in [2.75, 3.05) is 6.54 Å². The van der Waals surface area contributed by atoms with Gasteiger partial charge in [0.05, 0.1) is 23.6 Å². The van der Waals surface area contributed by atoms with E-state index in [4.69, 9.17) is 0 Å². The van der Waals surface area contributed by atoms with E-state index in [0.29, 0.717) is 0 Å². The van der Waals surface area contributed by atoms with Crippen LogP contribution in [0.25, 0.3) is 0 Å². The van der Waals surface area contributed by atoms with Crippen molar-refractivity contribution < 1.29 is 0 Å². The summed E-state index contributed by atoms with van der Waals surface area (Å²) in [6.45, 7) is 10.2. The van der Waals surface area contributed by atoms with Crippen molar-refractivity contribution in [3.8, 4) is 0 Å². The van der Waals surface area contributed by atoms with Crippen molar-refractivity contribution in [1.29, 1.82) is 0 Å². The van der Waals surface area contributed by atoms with E-state index in [1.54, 1.807) is 0 Å². The molecule has 0 saturated heterocycles. The lowest BCUT2D eigenvalue weighted by atomic mass is 10.0. The molecule has 5 nitrogen and oxygen atoms in total. The Balaban J connectivity index is 2.42. The van der Waals surface area contributed by atoms with Gasteiger partial charge >= 0.3 is 0 Å². The van der Waals surface area contributed by atoms with Crippen LogP contribution < -0.4 is 5.32 Å². The van der Waals surface area contributed by atoms with Crippen molar-refractivity contribution in [1.82, 2.24) is 25.3 Å². The number of aromatic nitrogens is 4. The Kier molecular flexibility index (Phi) is 4.84. The van der Waals surface area contributed by atoms with Gasteiger partial charge in [-0.3, -0.25) is 4.98 Å². The Hall–Kier alpha value is -1.75. The van der Waals surface area contributed by atoms with Crippen LogP contribution in [0, 0.1) is 13.8 Å². The van der Waals surface area contributed by atoms with Crippen molar-refractivity contribution in [3.05, 3.63) is 41.0 Å². The molecule has 1 atom stereocenters. The molecule has 0 radical (unpaired) electrons. The van der Waals surface area contributed by atoms with E-state index in [1.165, 1.54) is 11.1 Å². The third-order valence-corrected chi connectivity index (χ3v) is 3.32. The molecule has 0 aliphatic heterocycles. The minimum Gasteiger partial charge on any atom is -0.304 e. The second-order valence-corrected chi connectivity index (χ2v) is 5.09. The summed E-state index contributed by atoms with van der Waals surface area (Å²) in [6.07, 6.45) is 4.79. The van der Waals surface area contributed by atoms with E-state index in [1.807, 2.05) is 17.1 Å². The van der Waals surface area contributed by atoms with Crippen LogP contribution in [0.3, 0.4) is 0 Å². The SMILES string of the molecule is CCCn1nncc1C(NCC)c1ncc(C)cc1C. The fourth-order valence-corrected chi connectivity index (χ4v) is 2.45. The predicted octanol–water partition coefficient (Wildman–Crippen LogP) is 2.40. The molecule has 0 aromatic carbocycles. The van der Waals surface area contributed by atoms with E-state index in [2.05, 4.69) is 54.4 Å². The molecule has 0 fully saturated rings. The summed E-state index contributed by atoms with van der Waals surface area (Å²) in [4.78, 5) is 4.62. The summed E-state index contributed by atoms with van der Waals surface area (Å²) >= 11 is 0.